The van der Waals surface area contributed by atoms with Gasteiger partial charge < -0.3 is 9.80 Å². The molecular formula is C72H60N2. The van der Waals surface area contributed by atoms with Gasteiger partial charge in [0.1, 0.15) is 0 Å². The van der Waals surface area contributed by atoms with Crippen molar-refractivity contribution >= 4 is 66.4 Å². The minimum absolute atomic E-state index is 0.0334. The summed E-state index contributed by atoms with van der Waals surface area (Å²) in [6, 6.07) is 87.8. The number of hydrogen-bond donors (Lipinski definition) is 0. The third-order valence-corrected chi connectivity index (χ3v) is 15.4. The highest BCUT2D eigenvalue weighted by atomic mass is 15.2. The van der Waals surface area contributed by atoms with E-state index in [-0.39, 0.29) is 5.41 Å². The van der Waals surface area contributed by atoms with Crippen LogP contribution in [0.1, 0.15) is 48.6 Å². The van der Waals surface area contributed by atoms with Gasteiger partial charge in [-0.3, -0.25) is 0 Å². The standard InChI is InChI=1S/C72H60N2/c1-47-36-40-58(51-24-12-8-13-25-51)49(3)70(47)73(64-34-22-20-32-60(64)53-28-16-10-17-29-53)66-46-67(63-43-39-56-45-57(72(5,6)7)44-55-38-42-62(66)69(63)68(55)56)74(65-35-23-21-33-61(65)54-30-18-11-19-31-54)71-48(2)37-41-59(50(71)4)52-26-14-9-15-27-52/h8-46H,1-7H3. The summed E-state index contributed by atoms with van der Waals surface area (Å²) in [5.41, 5.74) is 22.4. The monoisotopic (exact) mass is 952 g/mol. The molecule has 0 amide bonds. The van der Waals surface area contributed by atoms with E-state index in [2.05, 4.69) is 295 Å². The third kappa shape index (κ3) is 7.99. The Hall–Kier alpha value is -8.72. The van der Waals surface area contributed by atoms with Gasteiger partial charge in [-0.15, -0.1) is 0 Å². The van der Waals surface area contributed by atoms with Gasteiger partial charge in [0, 0.05) is 27.3 Å². The van der Waals surface area contributed by atoms with Crippen LogP contribution in [0.15, 0.2) is 237 Å². The van der Waals surface area contributed by atoms with Crippen molar-refractivity contribution in [2.45, 2.75) is 53.9 Å². The van der Waals surface area contributed by atoms with Crippen molar-refractivity contribution in [2.75, 3.05) is 9.80 Å². The highest BCUT2D eigenvalue weighted by molar-refractivity contribution is 6.29. The van der Waals surface area contributed by atoms with E-state index in [1.165, 1.54) is 93.8 Å². The molecule has 2 nitrogen and oxygen atoms in total. The third-order valence-electron chi connectivity index (χ3n) is 15.4. The second kappa shape index (κ2) is 18.7. The molecule has 0 spiro atoms. The summed E-state index contributed by atoms with van der Waals surface area (Å²) < 4.78 is 0. The number of para-hydroxylation sites is 2. The van der Waals surface area contributed by atoms with Crippen molar-refractivity contribution in [1.82, 2.24) is 0 Å². The lowest BCUT2D eigenvalue weighted by atomic mass is 9.83. The predicted molar refractivity (Wildman–Crippen MR) is 319 cm³/mol. The summed E-state index contributed by atoms with van der Waals surface area (Å²) in [6.07, 6.45) is 0. The molecule has 0 aliphatic heterocycles. The fourth-order valence-corrected chi connectivity index (χ4v) is 11.7. The second-order valence-corrected chi connectivity index (χ2v) is 21.0. The quantitative estimate of drug-likeness (QED) is 0.126. The van der Waals surface area contributed by atoms with E-state index < -0.39 is 0 Å². The van der Waals surface area contributed by atoms with Crippen LogP contribution in [0.4, 0.5) is 34.1 Å². The Morgan fingerprint density at radius 3 is 1.03 bits per heavy atom. The Kier molecular flexibility index (Phi) is 11.7. The number of benzene rings is 12. The molecule has 12 rings (SSSR count). The van der Waals surface area contributed by atoms with Crippen LogP contribution in [0.2, 0.25) is 0 Å². The highest BCUT2D eigenvalue weighted by Gasteiger charge is 2.30. The Morgan fingerprint density at radius 2 is 0.649 bits per heavy atom. The fraction of sp³-hybridized carbons (Fsp3) is 0.111. The number of nitrogens with zero attached hydrogens (tertiary/aromatic N) is 2. The molecule has 0 saturated heterocycles. The lowest BCUT2D eigenvalue weighted by molar-refractivity contribution is 0.591. The molecule has 0 N–H and O–H groups in total. The molecule has 0 radical (unpaired) electrons. The summed E-state index contributed by atoms with van der Waals surface area (Å²) in [5, 5.41) is 7.42. The normalized spacial score (nSPS) is 11.7. The van der Waals surface area contributed by atoms with Crippen molar-refractivity contribution < 1.29 is 0 Å². The van der Waals surface area contributed by atoms with Crippen molar-refractivity contribution in [1.29, 1.82) is 0 Å². The fourth-order valence-electron chi connectivity index (χ4n) is 11.7. The van der Waals surface area contributed by atoms with Crippen LogP contribution in [0.3, 0.4) is 0 Å². The van der Waals surface area contributed by atoms with Gasteiger partial charge in [-0.25, -0.2) is 0 Å². The van der Waals surface area contributed by atoms with E-state index in [0.717, 1.165) is 45.0 Å². The van der Waals surface area contributed by atoms with Crippen molar-refractivity contribution in [3.05, 3.63) is 264 Å². The lowest BCUT2D eigenvalue weighted by Crippen LogP contribution is -2.18. The van der Waals surface area contributed by atoms with Crippen LogP contribution in [0.25, 0.3) is 76.8 Å². The smallest absolute Gasteiger partial charge is 0.0562 e. The first-order chi connectivity index (χ1) is 36.0. The SMILES string of the molecule is Cc1ccc(-c2ccccc2)c(C)c1N(c1ccccc1-c1ccccc1)c1cc(N(c2ccccc2-c2ccccc2)c2c(C)ccc(-c3ccccc3)c2C)c2ccc3cc(C(C)(C)C)cc4ccc1c2c43. The summed E-state index contributed by atoms with van der Waals surface area (Å²) >= 11 is 0. The Labute approximate surface area is 436 Å². The molecule has 358 valence electrons. The summed E-state index contributed by atoms with van der Waals surface area (Å²) in [7, 11) is 0. The Morgan fingerprint density at radius 1 is 0.297 bits per heavy atom. The van der Waals surface area contributed by atoms with Gasteiger partial charge in [-0.1, -0.05) is 239 Å². The zero-order valence-electron chi connectivity index (χ0n) is 43.4. The van der Waals surface area contributed by atoms with Gasteiger partial charge in [0.2, 0.25) is 0 Å². The second-order valence-electron chi connectivity index (χ2n) is 21.0. The molecule has 0 saturated carbocycles. The molecule has 0 aromatic heterocycles. The number of rotatable bonds is 10. The minimum atomic E-state index is -0.0334. The first-order valence-corrected chi connectivity index (χ1v) is 26.0. The first-order valence-electron chi connectivity index (χ1n) is 26.0. The van der Waals surface area contributed by atoms with Crippen LogP contribution in [0, 0.1) is 27.7 Å². The topological polar surface area (TPSA) is 6.48 Å². The molecule has 0 aliphatic rings. The van der Waals surface area contributed by atoms with E-state index in [1.807, 2.05) is 0 Å². The van der Waals surface area contributed by atoms with E-state index in [1.54, 1.807) is 0 Å². The zero-order valence-corrected chi connectivity index (χ0v) is 43.4. The number of hydrogen-bond acceptors (Lipinski definition) is 2. The van der Waals surface area contributed by atoms with Crippen LogP contribution < -0.4 is 9.80 Å². The van der Waals surface area contributed by atoms with Crippen LogP contribution in [-0.2, 0) is 5.41 Å². The van der Waals surface area contributed by atoms with Crippen molar-refractivity contribution in [3.63, 3.8) is 0 Å². The molecule has 12 aromatic carbocycles. The first kappa shape index (κ1) is 46.4. The number of aryl methyl sites for hydroxylation is 2. The Bertz CT molecular complexity index is 3770. The van der Waals surface area contributed by atoms with E-state index in [0.29, 0.717) is 0 Å². The van der Waals surface area contributed by atoms with Gasteiger partial charge in [0.25, 0.3) is 0 Å². The summed E-state index contributed by atoms with van der Waals surface area (Å²) in [4.78, 5) is 5.22. The average molecular weight is 953 g/mol. The molecule has 0 atom stereocenters. The van der Waals surface area contributed by atoms with Crippen LogP contribution >= 0.6 is 0 Å². The van der Waals surface area contributed by atoms with E-state index in [4.69, 9.17) is 0 Å². The van der Waals surface area contributed by atoms with Gasteiger partial charge in [-0.05, 0) is 129 Å². The number of anilines is 6. The minimum Gasteiger partial charge on any atom is -0.309 e. The molecular weight excluding hydrogens is 893 g/mol. The molecule has 74 heavy (non-hydrogen) atoms. The van der Waals surface area contributed by atoms with Crippen LogP contribution in [-0.4, -0.2) is 0 Å². The molecule has 12 aromatic rings. The maximum Gasteiger partial charge on any atom is 0.0562 e. The van der Waals surface area contributed by atoms with Gasteiger partial charge >= 0.3 is 0 Å². The predicted octanol–water partition coefficient (Wildman–Crippen LogP) is 20.7. The highest BCUT2D eigenvalue weighted by Crippen LogP contribution is 2.55. The van der Waals surface area contributed by atoms with Crippen molar-refractivity contribution in [3.8, 4) is 44.5 Å². The molecule has 0 fully saturated rings. The average Bonchev–Trinajstić information content (AvgIpc) is 3.44. The maximum absolute atomic E-state index is 2.61. The Balaban J connectivity index is 1.28. The molecule has 0 aliphatic carbocycles. The largest absolute Gasteiger partial charge is 0.309 e. The van der Waals surface area contributed by atoms with Gasteiger partial charge in [0.05, 0.1) is 34.1 Å². The van der Waals surface area contributed by atoms with E-state index in [9.17, 15) is 0 Å². The summed E-state index contributed by atoms with van der Waals surface area (Å²) in [5.74, 6) is 0. The van der Waals surface area contributed by atoms with Crippen molar-refractivity contribution in [2.24, 2.45) is 0 Å². The summed E-state index contributed by atoms with van der Waals surface area (Å²) in [6.45, 7) is 16.2. The molecule has 2 heteroatoms. The lowest BCUT2D eigenvalue weighted by Gasteiger charge is -2.36. The van der Waals surface area contributed by atoms with E-state index >= 15 is 0 Å². The molecule has 0 heterocycles. The molecule has 0 bridgehead atoms. The van der Waals surface area contributed by atoms with Crippen LogP contribution in [0.5, 0.6) is 0 Å². The van der Waals surface area contributed by atoms with Gasteiger partial charge in [-0.2, -0.15) is 0 Å². The molecule has 0 unspecified atom stereocenters. The zero-order chi connectivity index (χ0) is 50.7. The van der Waals surface area contributed by atoms with Gasteiger partial charge in [0.15, 0.2) is 0 Å². The maximum atomic E-state index is 2.61.